The predicted molar refractivity (Wildman–Crippen MR) is 73.4 cm³/mol. The van der Waals surface area contributed by atoms with Crippen molar-refractivity contribution in [1.29, 1.82) is 0 Å². The fourth-order valence-corrected chi connectivity index (χ4v) is 2.00. The predicted octanol–water partition coefficient (Wildman–Crippen LogP) is 2.91. The molecule has 0 bridgehead atoms. The molecular formula is C13H17F3N2OS. The molecule has 1 amide bonds. The number of carbonyl (C=O) groups is 1. The summed E-state index contributed by atoms with van der Waals surface area (Å²) in [5.74, 6) is -0.0869. The van der Waals surface area contributed by atoms with Gasteiger partial charge >= 0.3 is 5.51 Å². The first-order valence-corrected chi connectivity index (χ1v) is 7.04. The quantitative estimate of drug-likeness (QED) is 0.761. The van der Waals surface area contributed by atoms with Gasteiger partial charge in [0.1, 0.15) is 0 Å². The van der Waals surface area contributed by atoms with Gasteiger partial charge in [0.05, 0.1) is 6.54 Å². The van der Waals surface area contributed by atoms with Crippen molar-refractivity contribution in [3.05, 3.63) is 29.8 Å². The van der Waals surface area contributed by atoms with Crippen LogP contribution < -0.4 is 10.6 Å². The van der Waals surface area contributed by atoms with Gasteiger partial charge < -0.3 is 10.6 Å². The van der Waals surface area contributed by atoms with Crippen LogP contribution in [0.15, 0.2) is 29.2 Å². The maximum Gasteiger partial charge on any atom is 0.446 e. The van der Waals surface area contributed by atoms with Gasteiger partial charge in [-0.1, -0.05) is 19.1 Å². The van der Waals surface area contributed by atoms with Gasteiger partial charge in [-0.15, -0.1) is 0 Å². The van der Waals surface area contributed by atoms with Crippen molar-refractivity contribution in [2.45, 2.75) is 30.3 Å². The van der Waals surface area contributed by atoms with Crippen molar-refractivity contribution in [2.24, 2.45) is 0 Å². The molecule has 1 aromatic rings. The van der Waals surface area contributed by atoms with E-state index in [2.05, 4.69) is 10.6 Å². The van der Waals surface area contributed by atoms with E-state index in [1.807, 2.05) is 6.92 Å². The Bertz CT molecular complexity index is 421. The first-order chi connectivity index (χ1) is 9.40. The summed E-state index contributed by atoms with van der Waals surface area (Å²) in [6, 6.07) is 6.08. The maximum atomic E-state index is 12.1. The third kappa shape index (κ3) is 7.40. The number of halogens is 3. The summed E-state index contributed by atoms with van der Waals surface area (Å²) < 4.78 is 36.4. The number of amides is 1. The van der Waals surface area contributed by atoms with E-state index in [0.29, 0.717) is 13.1 Å². The molecule has 0 saturated carbocycles. The average molecular weight is 306 g/mol. The molecule has 3 nitrogen and oxygen atoms in total. The molecule has 7 heteroatoms. The molecule has 1 rings (SSSR count). The molecule has 0 fully saturated rings. The van der Waals surface area contributed by atoms with E-state index in [1.165, 1.54) is 12.1 Å². The number of benzene rings is 1. The third-order valence-corrected chi connectivity index (χ3v) is 3.08. The second kappa shape index (κ2) is 8.16. The van der Waals surface area contributed by atoms with Crippen LogP contribution in [-0.4, -0.2) is 24.5 Å². The van der Waals surface area contributed by atoms with E-state index in [4.69, 9.17) is 0 Å². The highest BCUT2D eigenvalue weighted by Gasteiger charge is 2.28. The lowest BCUT2D eigenvalue weighted by atomic mass is 10.2. The lowest BCUT2D eigenvalue weighted by Crippen LogP contribution is -2.33. The Hall–Kier alpha value is -1.21. The highest BCUT2D eigenvalue weighted by Crippen LogP contribution is 2.36. The monoisotopic (exact) mass is 306 g/mol. The minimum atomic E-state index is -4.27. The molecule has 0 atom stereocenters. The van der Waals surface area contributed by atoms with Crippen LogP contribution >= 0.6 is 11.8 Å². The fraction of sp³-hybridized carbons (Fsp3) is 0.462. The Balaban J connectivity index is 2.33. The summed E-state index contributed by atoms with van der Waals surface area (Å²) in [6.07, 6.45) is 0.879. The number of thioether (sulfide) groups is 1. The van der Waals surface area contributed by atoms with Crippen molar-refractivity contribution in [3.63, 3.8) is 0 Å². The standard InChI is InChI=1S/C13H17F3N2OS/c1-2-7-18-12(19)9-17-8-10-3-5-11(6-4-10)20-13(14,15)16/h3-6,17H,2,7-9H2,1H3,(H,18,19). The van der Waals surface area contributed by atoms with Crippen molar-refractivity contribution in [2.75, 3.05) is 13.1 Å². The first kappa shape index (κ1) is 16.8. The minimum absolute atomic E-state index is 0.0869. The molecule has 0 aromatic heterocycles. The van der Waals surface area contributed by atoms with Gasteiger partial charge in [0.25, 0.3) is 0 Å². The van der Waals surface area contributed by atoms with Crippen molar-refractivity contribution in [1.82, 2.24) is 10.6 Å². The van der Waals surface area contributed by atoms with Gasteiger partial charge in [-0.25, -0.2) is 0 Å². The molecule has 20 heavy (non-hydrogen) atoms. The van der Waals surface area contributed by atoms with Crippen LogP contribution in [0.5, 0.6) is 0 Å². The summed E-state index contributed by atoms with van der Waals surface area (Å²) in [5.41, 5.74) is -3.43. The minimum Gasteiger partial charge on any atom is -0.355 e. The van der Waals surface area contributed by atoms with Crippen LogP contribution in [0, 0.1) is 0 Å². The SMILES string of the molecule is CCCNC(=O)CNCc1ccc(SC(F)(F)F)cc1. The Labute approximate surface area is 120 Å². The molecule has 0 unspecified atom stereocenters. The lowest BCUT2D eigenvalue weighted by molar-refractivity contribution is -0.120. The summed E-state index contributed by atoms with van der Waals surface area (Å²) >= 11 is -0.137. The van der Waals surface area contributed by atoms with Gasteiger partial charge in [-0.3, -0.25) is 4.79 Å². The Kier molecular flexibility index (Phi) is 6.87. The zero-order valence-electron chi connectivity index (χ0n) is 11.1. The Morgan fingerprint density at radius 2 is 1.90 bits per heavy atom. The molecule has 0 aliphatic carbocycles. The van der Waals surface area contributed by atoms with Gasteiger partial charge in [0, 0.05) is 18.0 Å². The van der Waals surface area contributed by atoms with Gasteiger partial charge in [-0.05, 0) is 35.9 Å². The van der Waals surface area contributed by atoms with Gasteiger partial charge in [0.2, 0.25) is 5.91 Å². The van der Waals surface area contributed by atoms with Crippen LogP contribution in [0.4, 0.5) is 13.2 Å². The van der Waals surface area contributed by atoms with Gasteiger partial charge in [0.15, 0.2) is 0 Å². The first-order valence-electron chi connectivity index (χ1n) is 6.23. The summed E-state index contributed by atoms with van der Waals surface area (Å²) in [6.45, 7) is 3.24. The normalized spacial score (nSPS) is 11.4. The molecule has 2 N–H and O–H groups in total. The number of hydrogen-bond donors (Lipinski definition) is 2. The molecule has 0 spiro atoms. The second-order valence-corrected chi connectivity index (χ2v) is 5.28. The van der Waals surface area contributed by atoms with E-state index < -0.39 is 5.51 Å². The molecule has 112 valence electrons. The lowest BCUT2D eigenvalue weighted by Gasteiger charge is -2.08. The number of alkyl halides is 3. The fourth-order valence-electron chi connectivity index (χ4n) is 1.46. The van der Waals surface area contributed by atoms with Crippen LogP contribution in [-0.2, 0) is 11.3 Å². The smallest absolute Gasteiger partial charge is 0.355 e. The van der Waals surface area contributed by atoms with E-state index in [-0.39, 0.29) is 29.1 Å². The molecular weight excluding hydrogens is 289 g/mol. The largest absolute Gasteiger partial charge is 0.446 e. The zero-order chi connectivity index (χ0) is 15.0. The van der Waals surface area contributed by atoms with Crippen LogP contribution in [0.3, 0.4) is 0 Å². The Morgan fingerprint density at radius 1 is 1.25 bits per heavy atom. The van der Waals surface area contributed by atoms with E-state index in [1.54, 1.807) is 12.1 Å². The average Bonchev–Trinajstić information content (AvgIpc) is 2.37. The van der Waals surface area contributed by atoms with Crippen molar-refractivity contribution < 1.29 is 18.0 Å². The topological polar surface area (TPSA) is 41.1 Å². The maximum absolute atomic E-state index is 12.1. The van der Waals surface area contributed by atoms with Crippen LogP contribution in [0.2, 0.25) is 0 Å². The molecule has 0 aliphatic heterocycles. The third-order valence-electron chi connectivity index (χ3n) is 2.34. The summed E-state index contributed by atoms with van der Waals surface area (Å²) in [5, 5.41) is 5.66. The van der Waals surface area contributed by atoms with Crippen LogP contribution in [0.1, 0.15) is 18.9 Å². The number of nitrogens with one attached hydrogen (secondary N) is 2. The molecule has 0 heterocycles. The Morgan fingerprint density at radius 3 is 2.45 bits per heavy atom. The summed E-state index contributed by atoms with van der Waals surface area (Å²) in [4.78, 5) is 11.5. The second-order valence-electron chi connectivity index (χ2n) is 4.15. The van der Waals surface area contributed by atoms with Gasteiger partial charge in [-0.2, -0.15) is 13.2 Å². The highest BCUT2D eigenvalue weighted by molar-refractivity contribution is 8.00. The molecule has 0 saturated heterocycles. The zero-order valence-corrected chi connectivity index (χ0v) is 11.9. The number of carbonyl (C=O) groups excluding carboxylic acids is 1. The molecule has 1 aromatic carbocycles. The number of hydrogen-bond acceptors (Lipinski definition) is 3. The van der Waals surface area contributed by atoms with E-state index in [0.717, 1.165) is 12.0 Å². The summed E-state index contributed by atoms with van der Waals surface area (Å²) in [7, 11) is 0. The van der Waals surface area contributed by atoms with Crippen LogP contribution in [0.25, 0.3) is 0 Å². The van der Waals surface area contributed by atoms with E-state index >= 15 is 0 Å². The van der Waals surface area contributed by atoms with Crippen molar-refractivity contribution >= 4 is 17.7 Å². The molecule has 0 aliphatic rings. The molecule has 0 radical (unpaired) electrons. The number of rotatable bonds is 7. The highest BCUT2D eigenvalue weighted by atomic mass is 32.2. The van der Waals surface area contributed by atoms with E-state index in [9.17, 15) is 18.0 Å². The van der Waals surface area contributed by atoms with Crippen molar-refractivity contribution in [3.8, 4) is 0 Å².